The second kappa shape index (κ2) is 8.23. The summed E-state index contributed by atoms with van der Waals surface area (Å²) in [5.41, 5.74) is 0. The maximum atomic E-state index is 13.0. The van der Waals surface area contributed by atoms with Crippen molar-refractivity contribution in [2.45, 2.75) is 44.1 Å². The highest BCUT2D eigenvalue weighted by molar-refractivity contribution is 4.85. The Bertz CT molecular complexity index is 247. The van der Waals surface area contributed by atoms with E-state index in [4.69, 9.17) is 5.26 Å². The fraction of sp³-hybridized carbons (Fsp3) is 0.900. The summed E-state index contributed by atoms with van der Waals surface area (Å²) >= 11 is 0. The van der Waals surface area contributed by atoms with Gasteiger partial charge in [-0.25, -0.2) is 22.0 Å². The summed E-state index contributed by atoms with van der Waals surface area (Å²) in [6.45, 7) is -0.996. The lowest BCUT2D eigenvalue weighted by Crippen LogP contribution is -2.38. The van der Waals surface area contributed by atoms with Crippen molar-refractivity contribution in [3.63, 3.8) is 0 Å². The van der Waals surface area contributed by atoms with Crippen LogP contribution in [0.1, 0.15) is 13.3 Å². The van der Waals surface area contributed by atoms with Gasteiger partial charge in [0.2, 0.25) is 0 Å². The zero-order valence-electron chi connectivity index (χ0n) is 9.25. The second-order valence-corrected chi connectivity index (χ2v) is 3.43. The van der Waals surface area contributed by atoms with Crippen LogP contribution in [-0.4, -0.2) is 44.1 Å². The number of rotatable bonds is 8. The van der Waals surface area contributed by atoms with Gasteiger partial charge in [-0.05, 0) is 6.42 Å². The Morgan fingerprint density at radius 3 is 2.06 bits per heavy atom. The Hall–Kier alpha value is -0.900. The number of hydrogen-bond donors (Lipinski definition) is 0. The monoisotopic (exact) mass is 259 g/mol. The minimum Gasteiger partial charge on any atom is -0.360 e. The summed E-state index contributed by atoms with van der Waals surface area (Å²) in [7, 11) is 0. The highest BCUT2D eigenvalue weighted by atomic mass is 19.2. The molecule has 7 heteroatoms. The first-order valence-electron chi connectivity index (χ1n) is 5.11. The van der Waals surface area contributed by atoms with Gasteiger partial charge in [0.05, 0.1) is 12.7 Å². The van der Waals surface area contributed by atoms with Crippen LogP contribution in [0.5, 0.6) is 0 Å². The largest absolute Gasteiger partial charge is 0.360 e. The van der Waals surface area contributed by atoms with Crippen LogP contribution in [0, 0.1) is 11.3 Å². The molecule has 0 amide bonds. The maximum Gasteiger partial charge on any atom is 0.168 e. The molecule has 0 spiro atoms. The molecule has 0 rings (SSSR count). The van der Waals surface area contributed by atoms with Crippen LogP contribution in [0.4, 0.5) is 22.0 Å². The third kappa shape index (κ3) is 5.31. The molecule has 0 aliphatic rings. The van der Waals surface area contributed by atoms with Crippen molar-refractivity contribution in [1.82, 2.24) is 0 Å². The van der Waals surface area contributed by atoms with Crippen LogP contribution >= 0.6 is 0 Å². The molecule has 0 saturated carbocycles. The summed E-state index contributed by atoms with van der Waals surface area (Å²) in [4.78, 5) is 0. The van der Waals surface area contributed by atoms with Crippen molar-refractivity contribution in [2.75, 3.05) is 13.3 Å². The van der Waals surface area contributed by atoms with Crippen LogP contribution in [0.15, 0.2) is 0 Å². The molecule has 0 aromatic heterocycles. The lowest BCUT2D eigenvalue weighted by Gasteiger charge is -2.19. The Morgan fingerprint density at radius 2 is 1.65 bits per heavy atom. The Labute approximate surface area is 96.4 Å². The molecule has 0 aromatic carbocycles. The van der Waals surface area contributed by atoms with Gasteiger partial charge in [-0.1, -0.05) is 6.92 Å². The summed E-state index contributed by atoms with van der Waals surface area (Å²) in [6, 6.07) is 1.67. The maximum absolute atomic E-state index is 13.0. The predicted octanol–water partition coefficient (Wildman–Crippen LogP) is 2.63. The number of hydrogen-bond acceptors (Lipinski definition) is 2. The van der Waals surface area contributed by atoms with Gasteiger partial charge in [0, 0.05) is 0 Å². The van der Waals surface area contributed by atoms with Crippen molar-refractivity contribution in [1.29, 1.82) is 5.26 Å². The van der Waals surface area contributed by atoms with Gasteiger partial charge >= 0.3 is 0 Å². The van der Waals surface area contributed by atoms with E-state index in [1.54, 1.807) is 13.0 Å². The Morgan fingerprint density at radius 1 is 1.12 bits per heavy atom. The molecule has 0 fully saturated rings. The molecule has 5 unspecified atom stereocenters. The van der Waals surface area contributed by atoms with Gasteiger partial charge in [0.15, 0.2) is 24.7 Å². The smallest absolute Gasteiger partial charge is 0.168 e. The second-order valence-electron chi connectivity index (χ2n) is 3.43. The number of ether oxygens (including phenoxy) is 1. The molecule has 0 N–H and O–H groups in total. The summed E-state index contributed by atoms with van der Waals surface area (Å²) < 4.78 is 67.5. The van der Waals surface area contributed by atoms with Crippen LogP contribution in [-0.2, 0) is 4.74 Å². The van der Waals surface area contributed by atoms with E-state index in [0.29, 0.717) is 0 Å². The molecule has 0 aromatic rings. The SMILES string of the molecule is CCC(C#N)OCC(F)C(F)C(F)C(F)CF. The molecule has 0 heterocycles. The summed E-state index contributed by atoms with van der Waals surface area (Å²) in [6.07, 6.45) is -11.5. The predicted molar refractivity (Wildman–Crippen MR) is 51.2 cm³/mol. The van der Waals surface area contributed by atoms with E-state index in [2.05, 4.69) is 4.74 Å². The van der Waals surface area contributed by atoms with Gasteiger partial charge in [-0.2, -0.15) is 5.26 Å². The third-order valence-corrected chi connectivity index (χ3v) is 2.11. The summed E-state index contributed by atoms with van der Waals surface area (Å²) in [5, 5.41) is 8.44. The molecule has 0 radical (unpaired) electrons. The van der Waals surface area contributed by atoms with Crippen LogP contribution in [0.25, 0.3) is 0 Å². The Balaban J connectivity index is 4.13. The number of alkyl halides is 5. The van der Waals surface area contributed by atoms with Crippen molar-refractivity contribution < 1.29 is 26.7 Å². The van der Waals surface area contributed by atoms with E-state index in [1.165, 1.54) is 0 Å². The first kappa shape index (κ1) is 16.1. The number of nitriles is 1. The zero-order valence-corrected chi connectivity index (χ0v) is 9.25. The highest BCUT2D eigenvalue weighted by Crippen LogP contribution is 2.18. The Kier molecular flexibility index (Phi) is 7.79. The molecular formula is C10H14F5NO. The van der Waals surface area contributed by atoms with Crippen molar-refractivity contribution in [3.05, 3.63) is 0 Å². The normalized spacial score (nSPS) is 20.1. The standard InChI is InChI=1S/C10H14F5NO/c1-2-6(4-16)17-5-8(13)10(15)9(14)7(12)3-11/h6-10H,2-3,5H2,1H3. The molecule has 100 valence electrons. The molecule has 2 nitrogen and oxygen atoms in total. The quantitative estimate of drug-likeness (QED) is 0.628. The molecule has 0 bridgehead atoms. The molecule has 5 atom stereocenters. The fourth-order valence-corrected chi connectivity index (χ4v) is 1.03. The van der Waals surface area contributed by atoms with Crippen molar-refractivity contribution >= 4 is 0 Å². The highest BCUT2D eigenvalue weighted by Gasteiger charge is 2.36. The average Bonchev–Trinajstić information content (AvgIpc) is 2.36. The van der Waals surface area contributed by atoms with E-state index >= 15 is 0 Å². The average molecular weight is 259 g/mol. The minimum absolute atomic E-state index is 0.259. The molecule has 17 heavy (non-hydrogen) atoms. The lowest BCUT2D eigenvalue weighted by molar-refractivity contribution is -0.0248. The zero-order chi connectivity index (χ0) is 13.4. The lowest BCUT2D eigenvalue weighted by atomic mass is 10.1. The van der Waals surface area contributed by atoms with Crippen LogP contribution in [0.2, 0.25) is 0 Å². The minimum atomic E-state index is -2.87. The van der Waals surface area contributed by atoms with Gasteiger partial charge in [0.25, 0.3) is 0 Å². The number of nitrogens with zero attached hydrogens (tertiary/aromatic N) is 1. The van der Waals surface area contributed by atoms with E-state index < -0.39 is 44.1 Å². The van der Waals surface area contributed by atoms with E-state index in [0.717, 1.165) is 0 Å². The van der Waals surface area contributed by atoms with Crippen LogP contribution in [0.3, 0.4) is 0 Å². The van der Waals surface area contributed by atoms with Crippen molar-refractivity contribution in [2.24, 2.45) is 0 Å². The van der Waals surface area contributed by atoms with E-state index in [1.807, 2.05) is 0 Å². The topological polar surface area (TPSA) is 33.0 Å². The number of halogens is 5. The van der Waals surface area contributed by atoms with Gasteiger partial charge in [-0.15, -0.1) is 0 Å². The fourth-order valence-electron chi connectivity index (χ4n) is 1.03. The van der Waals surface area contributed by atoms with Gasteiger partial charge in [-0.3, -0.25) is 0 Å². The molecular weight excluding hydrogens is 245 g/mol. The molecule has 0 aliphatic heterocycles. The first-order valence-corrected chi connectivity index (χ1v) is 5.11. The van der Waals surface area contributed by atoms with Gasteiger partial charge in [0.1, 0.15) is 12.8 Å². The van der Waals surface area contributed by atoms with E-state index in [9.17, 15) is 22.0 Å². The third-order valence-electron chi connectivity index (χ3n) is 2.11. The first-order chi connectivity index (χ1) is 7.97. The summed E-state index contributed by atoms with van der Waals surface area (Å²) in [5.74, 6) is 0. The molecule has 0 saturated heterocycles. The van der Waals surface area contributed by atoms with Gasteiger partial charge < -0.3 is 4.74 Å². The van der Waals surface area contributed by atoms with Crippen molar-refractivity contribution in [3.8, 4) is 6.07 Å². The molecule has 0 aliphatic carbocycles. The van der Waals surface area contributed by atoms with E-state index in [-0.39, 0.29) is 6.42 Å². The van der Waals surface area contributed by atoms with Crippen LogP contribution < -0.4 is 0 Å².